The standard InChI is InChI=1S/C9H20O3Si/c1-13(2,3)8-7-12-9(11)5-4-6-10/h10H,4-8H2,1-3H3. The molecule has 0 aliphatic carbocycles. The van der Waals surface area contributed by atoms with Crippen LogP contribution in [0.2, 0.25) is 25.7 Å². The van der Waals surface area contributed by atoms with Crippen LogP contribution in [0.4, 0.5) is 0 Å². The summed E-state index contributed by atoms with van der Waals surface area (Å²) in [6.07, 6.45) is 0.841. The summed E-state index contributed by atoms with van der Waals surface area (Å²) in [7, 11) is -1.08. The third-order valence-electron chi connectivity index (χ3n) is 1.65. The molecule has 78 valence electrons. The Morgan fingerprint density at radius 1 is 1.38 bits per heavy atom. The first-order valence-electron chi connectivity index (χ1n) is 4.72. The lowest BCUT2D eigenvalue weighted by molar-refractivity contribution is -0.143. The number of hydrogen-bond acceptors (Lipinski definition) is 3. The fourth-order valence-corrected chi connectivity index (χ4v) is 1.48. The summed E-state index contributed by atoms with van der Waals surface area (Å²) in [5.74, 6) is -0.188. The van der Waals surface area contributed by atoms with Gasteiger partial charge in [0, 0.05) is 21.1 Å². The number of rotatable bonds is 6. The predicted molar refractivity (Wildman–Crippen MR) is 55.4 cm³/mol. The van der Waals surface area contributed by atoms with Crippen LogP contribution < -0.4 is 0 Å². The number of aliphatic hydroxyl groups is 1. The zero-order valence-corrected chi connectivity index (χ0v) is 9.80. The van der Waals surface area contributed by atoms with E-state index in [1.54, 1.807) is 0 Å². The summed E-state index contributed by atoms with van der Waals surface area (Å²) < 4.78 is 5.00. The second kappa shape index (κ2) is 6.15. The van der Waals surface area contributed by atoms with Crippen LogP contribution in [0, 0.1) is 0 Å². The van der Waals surface area contributed by atoms with Gasteiger partial charge in [0.05, 0.1) is 6.61 Å². The molecule has 4 heteroatoms. The molecule has 0 aromatic heterocycles. The summed E-state index contributed by atoms with van der Waals surface area (Å²) in [5.41, 5.74) is 0. The number of esters is 1. The van der Waals surface area contributed by atoms with Gasteiger partial charge in [0.15, 0.2) is 0 Å². The molecule has 0 heterocycles. The van der Waals surface area contributed by atoms with E-state index in [1.807, 2.05) is 0 Å². The second-order valence-electron chi connectivity index (χ2n) is 4.36. The first-order valence-corrected chi connectivity index (χ1v) is 8.43. The molecule has 0 aliphatic heterocycles. The topological polar surface area (TPSA) is 46.5 Å². The van der Waals surface area contributed by atoms with Gasteiger partial charge in [0.2, 0.25) is 0 Å². The van der Waals surface area contributed by atoms with Crippen molar-refractivity contribution in [3.05, 3.63) is 0 Å². The maximum atomic E-state index is 11.0. The van der Waals surface area contributed by atoms with Crippen molar-refractivity contribution >= 4 is 14.0 Å². The molecule has 0 radical (unpaired) electrons. The van der Waals surface area contributed by atoms with E-state index in [2.05, 4.69) is 19.6 Å². The van der Waals surface area contributed by atoms with Crippen molar-refractivity contribution in [2.75, 3.05) is 13.2 Å². The highest BCUT2D eigenvalue weighted by molar-refractivity contribution is 6.76. The van der Waals surface area contributed by atoms with E-state index < -0.39 is 8.07 Å². The molecule has 0 bridgehead atoms. The zero-order chi connectivity index (χ0) is 10.3. The van der Waals surface area contributed by atoms with Crippen molar-refractivity contribution in [2.45, 2.75) is 38.5 Å². The molecule has 0 aromatic rings. The van der Waals surface area contributed by atoms with Crippen molar-refractivity contribution in [3.8, 4) is 0 Å². The van der Waals surface area contributed by atoms with Gasteiger partial charge in [-0.05, 0) is 12.5 Å². The van der Waals surface area contributed by atoms with E-state index in [1.165, 1.54) is 0 Å². The first-order chi connectivity index (χ1) is 5.95. The maximum absolute atomic E-state index is 11.0. The SMILES string of the molecule is C[Si](C)(C)CCOC(=O)CCCO. The molecule has 0 aromatic carbocycles. The third-order valence-corrected chi connectivity index (χ3v) is 3.36. The van der Waals surface area contributed by atoms with Gasteiger partial charge in [0.25, 0.3) is 0 Å². The van der Waals surface area contributed by atoms with Gasteiger partial charge in [-0.1, -0.05) is 19.6 Å². The molecule has 0 saturated carbocycles. The molecule has 0 spiro atoms. The Morgan fingerprint density at radius 2 is 2.00 bits per heavy atom. The van der Waals surface area contributed by atoms with Crippen molar-refractivity contribution < 1.29 is 14.6 Å². The Hall–Kier alpha value is -0.353. The van der Waals surface area contributed by atoms with Crippen molar-refractivity contribution in [3.63, 3.8) is 0 Å². The van der Waals surface area contributed by atoms with E-state index >= 15 is 0 Å². The Balaban J connectivity index is 3.37. The van der Waals surface area contributed by atoms with E-state index in [0.29, 0.717) is 19.4 Å². The normalized spacial score (nSPS) is 11.4. The molecular weight excluding hydrogens is 184 g/mol. The van der Waals surface area contributed by atoms with Gasteiger partial charge in [0.1, 0.15) is 0 Å². The summed E-state index contributed by atoms with van der Waals surface area (Å²) >= 11 is 0. The van der Waals surface area contributed by atoms with E-state index in [4.69, 9.17) is 9.84 Å². The van der Waals surface area contributed by atoms with Crippen LogP contribution in [0.25, 0.3) is 0 Å². The number of aliphatic hydroxyl groups excluding tert-OH is 1. The van der Waals surface area contributed by atoms with Gasteiger partial charge in [-0.25, -0.2) is 0 Å². The molecule has 0 rings (SSSR count). The average Bonchev–Trinajstić information content (AvgIpc) is 1.98. The number of carbonyl (C=O) groups excluding carboxylic acids is 1. The van der Waals surface area contributed by atoms with E-state index in [9.17, 15) is 4.79 Å². The lowest BCUT2D eigenvalue weighted by Crippen LogP contribution is -2.22. The summed E-state index contributed by atoms with van der Waals surface area (Å²) in [5, 5.41) is 8.47. The van der Waals surface area contributed by atoms with Crippen molar-refractivity contribution in [2.24, 2.45) is 0 Å². The molecule has 1 N–H and O–H groups in total. The van der Waals surface area contributed by atoms with E-state index in [0.717, 1.165) is 6.04 Å². The molecule has 0 saturated heterocycles. The summed E-state index contributed by atoms with van der Waals surface area (Å²) in [6.45, 7) is 7.33. The Bertz CT molecular complexity index is 151. The number of hydrogen-bond donors (Lipinski definition) is 1. The summed E-state index contributed by atoms with van der Waals surface area (Å²) in [6, 6.07) is 1.01. The van der Waals surface area contributed by atoms with Crippen LogP contribution >= 0.6 is 0 Å². The monoisotopic (exact) mass is 204 g/mol. The number of carbonyl (C=O) groups is 1. The Kier molecular flexibility index (Phi) is 5.99. The maximum Gasteiger partial charge on any atom is 0.305 e. The highest BCUT2D eigenvalue weighted by atomic mass is 28.3. The van der Waals surface area contributed by atoms with Crippen LogP contribution in [0.3, 0.4) is 0 Å². The van der Waals surface area contributed by atoms with E-state index in [-0.39, 0.29) is 12.6 Å². The quantitative estimate of drug-likeness (QED) is 0.528. The minimum Gasteiger partial charge on any atom is -0.466 e. The second-order valence-corrected chi connectivity index (χ2v) is 9.98. The smallest absolute Gasteiger partial charge is 0.305 e. The van der Waals surface area contributed by atoms with Gasteiger partial charge in [-0.15, -0.1) is 0 Å². The minimum absolute atomic E-state index is 0.0587. The minimum atomic E-state index is -1.08. The van der Waals surface area contributed by atoms with Crippen molar-refractivity contribution in [1.82, 2.24) is 0 Å². The highest BCUT2D eigenvalue weighted by Gasteiger charge is 2.13. The molecule has 0 amide bonds. The molecule has 0 unspecified atom stereocenters. The lowest BCUT2D eigenvalue weighted by Gasteiger charge is -2.15. The third kappa shape index (κ3) is 9.56. The van der Waals surface area contributed by atoms with Crippen LogP contribution in [0.15, 0.2) is 0 Å². The molecular formula is C9H20O3Si. The van der Waals surface area contributed by atoms with Crippen molar-refractivity contribution in [1.29, 1.82) is 0 Å². The fourth-order valence-electron chi connectivity index (χ4n) is 0.767. The average molecular weight is 204 g/mol. The lowest BCUT2D eigenvalue weighted by atomic mass is 10.3. The fraction of sp³-hybridized carbons (Fsp3) is 0.889. The number of ether oxygens (including phenoxy) is 1. The van der Waals surface area contributed by atoms with Gasteiger partial charge < -0.3 is 9.84 Å². The zero-order valence-electron chi connectivity index (χ0n) is 8.80. The Morgan fingerprint density at radius 3 is 2.46 bits per heavy atom. The predicted octanol–water partition coefficient (Wildman–Crippen LogP) is 1.64. The van der Waals surface area contributed by atoms with Gasteiger partial charge in [-0.2, -0.15) is 0 Å². The largest absolute Gasteiger partial charge is 0.466 e. The van der Waals surface area contributed by atoms with Crippen LogP contribution in [0.5, 0.6) is 0 Å². The van der Waals surface area contributed by atoms with Gasteiger partial charge in [-0.3, -0.25) is 4.79 Å². The van der Waals surface area contributed by atoms with Crippen LogP contribution in [-0.4, -0.2) is 32.4 Å². The molecule has 0 fully saturated rings. The molecule has 0 aliphatic rings. The molecule has 3 nitrogen and oxygen atoms in total. The Labute approximate surface area is 81.1 Å². The molecule has 13 heavy (non-hydrogen) atoms. The van der Waals surface area contributed by atoms with Crippen LogP contribution in [0.1, 0.15) is 12.8 Å². The highest BCUT2D eigenvalue weighted by Crippen LogP contribution is 2.07. The molecule has 0 atom stereocenters. The van der Waals surface area contributed by atoms with Gasteiger partial charge >= 0.3 is 5.97 Å². The van der Waals surface area contributed by atoms with Crippen LogP contribution in [-0.2, 0) is 9.53 Å². The summed E-state index contributed by atoms with van der Waals surface area (Å²) in [4.78, 5) is 11.0. The first kappa shape index (κ1) is 12.6.